The Kier molecular flexibility index (Phi) is 5.43. The van der Waals surface area contributed by atoms with Gasteiger partial charge < -0.3 is 10.1 Å². The summed E-state index contributed by atoms with van der Waals surface area (Å²) in [6.07, 6.45) is 4.49. The molecule has 2 aromatic rings. The standard InChI is InChI=1S/C19H22ClN3O2S/c20-15-4-5-17-13(9-15)8-14(11-25-17)18(24)22-19-21-16(12-26-19)10-23-6-2-1-3-7-23/h4-5,9,12,14H,1-3,6-8,10-11H2,(H,21,22,24). The maximum Gasteiger partial charge on any atom is 0.233 e. The molecule has 2 aliphatic rings. The van der Waals surface area contributed by atoms with Crippen molar-refractivity contribution >= 4 is 34.0 Å². The van der Waals surface area contributed by atoms with Crippen LogP contribution in [0.1, 0.15) is 30.5 Å². The van der Waals surface area contributed by atoms with E-state index < -0.39 is 0 Å². The number of amides is 1. The summed E-state index contributed by atoms with van der Waals surface area (Å²) in [7, 11) is 0. The van der Waals surface area contributed by atoms with Crippen LogP contribution in [0.2, 0.25) is 5.02 Å². The number of hydrogen-bond acceptors (Lipinski definition) is 5. The highest BCUT2D eigenvalue weighted by molar-refractivity contribution is 7.13. The van der Waals surface area contributed by atoms with Crippen molar-refractivity contribution in [3.63, 3.8) is 0 Å². The molecule has 1 atom stereocenters. The van der Waals surface area contributed by atoms with E-state index in [2.05, 4.69) is 15.2 Å². The van der Waals surface area contributed by atoms with Gasteiger partial charge in [-0.15, -0.1) is 11.3 Å². The first-order chi connectivity index (χ1) is 12.7. The van der Waals surface area contributed by atoms with Crippen molar-refractivity contribution in [1.82, 2.24) is 9.88 Å². The van der Waals surface area contributed by atoms with Gasteiger partial charge in [-0.3, -0.25) is 9.69 Å². The molecule has 1 N–H and O–H groups in total. The van der Waals surface area contributed by atoms with Crippen LogP contribution >= 0.6 is 22.9 Å². The summed E-state index contributed by atoms with van der Waals surface area (Å²) >= 11 is 7.53. The van der Waals surface area contributed by atoms with Gasteiger partial charge in [-0.05, 0) is 56.1 Å². The van der Waals surface area contributed by atoms with E-state index in [9.17, 15) is 4.79 Å². The third-order valence-electron chi connectivity index (χ3n) is 4.92. The number of nitrogens with one attached hydrogen (secondary N) is 1. The lowest BCUT2D eigenvalue weighted by Gasteiger charge is -2.25. The molecule has 1 aromatic heterocycles. The van der Waals surface area contributed by atoms with E-state index in [1.54, 1.807) is 6.07 Å². The van der Waals surface area contributed by atoms with Crippen LogP contribution < -0.4 is 10.1 Å². The maximum absolute atomic E-state index is 12.6. The summed E-state index contributed by atoms with van der Waals surface area (Å²) < 4.78 is 5.71. The lowest BCUT2D eigenvalue weighted by Crippen LogP contribution is -2.32. The molecule has 138 valence electrons. The molecule has 1 amide bonds. The van der Waals surface area contributed by atoms with Gasteiger partial charge in [-0.2, -0.15) is 0 Å². The first-order valence-electron chi connectivity index (χ1n) is 9.06. The molecule has 0 saturated carbocycles. The molecule has 26 heavy (non-hydrogen) atoms. The van der Waals surface area contributed by atoms with E-state index in [0.29, 0.717) is 23.2 Å². The van der Waals surface area contributed by atoms with E-state index >= 15 is 0 Å². The van der Waals surface area contributed by atoms with Crippen molar-refractivity contribution in [3.05, 3.63) is 39.9 Å². The Hall–Kier alpha value is -1.63. The van der Waals surface area contributed by atoms with Crippen LogP contribution in [0.5, 0.6) is 5.75 Å². The largest absolute Gasteiger partial charge is 0.492 e. The van der Waals surface area contributed by atoms with E-state index in [1.807, 2.05) is 17.5 Å². The zero-order chi connectivity index (χ0) is 17.9. The average molecular weight is 392 g/mol. The highest BCUT2D eigenvalue weighted by Gasteiger charge is 2.27. The van der Waals surface area contributed by atoms with Gasteiger partial charge in [0, 0.05) is 16.9 Å². The van der Waals surface area contributed by atoms with Gasteiger partial charge in [0.2, 0.25) is 5.91 Å². The van der Waals surface area contributed by atoms with Crippen LogP contribution in [0, 0.1) is 5.92 Å². The molecule has 1 saturated heterocycles. The van der Waals surface area contributed by atoms with Gasteiger partial charge in [0.15, 0.2) is 5.13 Å². The van der Waals surface area contributed by atoms with E-state index in [1.165, 1.54) is 30.6 Å². The monoisotopic (exact) mass is 391 g/mol. The Labute approximate surface area is 162 Å². The number of halogens is 1. The number of piperidine rings is 1. The molecular formula is C19H22ClN3O2S. The number of ether oxygens (including phenoxy) is 1. The summed E-state index contributed by atoms with van der Waals surface area (Å²) in [6, 6.07) is 5.54. The van der Waals surface area contributed by atoms with Crippen molar-refractivity contribution in [2.75, 3.05) is 25.0 Å². The average Bonchev–Trinajstić information content (AvgIpc) is 3.08. The van der Waals surface area contributed by atoms with Gasteiger partial charge in [-0.25, -0.2) is 4.98 Å². The number of nitrogens with zero attached hydrogens (tertiary/aromatic N) is 2. The molecule has 2 aliphatic heterocycles. The molecule has 1 fully saturated rings. The molecule has 3 heterocycles. The first-order valence-corrected chi connectivity index (χ1v) is 10.3. The lowest BCUT2D eigenvalue weighted by atomic mass is 9.96. The number of anilines is 1. The second-order valence-corrected chi connectivity index (χ2v) is 8.23. The minimum Gasteiger partial charge on any atom is -0.492 e. The van der Waals surface area contributed by atoms with Gasteiger partial charge in [0.1, 0.15) is 12.4 Å². The normalized spacial score (nSPS) is 20.3. The molecule has 5 nitrogen and oxygen atoms in total. The van der Waals surface area contributed by atoms with Gasteiger partial charge in [-0.1, -0.05) is 18.0 Å². The molecule has 7 heteroatoms. The third kappa shape index (κ3) is 4.19. The summed E-state index contributed by atoms with van der Waals surface area (Å²) in [4.78, 5) is 19.6. The van der Waals surface area contributed by atoms with Crippen LogP contribution in [0.15, 0.2) is 23.6 Å². The van der Waals surface area contributed by atoms with E-state index in [0.717, 1.165) is 36.6 Å². The van der Waals surface area contributed by atoms with Crippen LogP contribution in [0.3, 0.4) is 0 Å². The highest BCUT2D eigenvalue weighted by Crippen LogP contribution is 2.30. The Bertz CT molecular complexity index is 789. The van der Waals surface area contributed by atoms with Gasteiger partial charge in [0.25, 0.3) is 0 Å². The molecule has 1 aromatic carbocycles. The molecule has 0 bridgehead atoms. The Balaban J connectivity index is 1.35. The zero-order valence-corrected chi connectivity index (χ0v) is 16.1. The van der Waals surface area contributed by atoms with E-state index in [4.69, 9.17) is 16.3 Å². The quantitative estimate of drug-likeness (QED) is 0.856. The minimum atomic E-state index is -0.226. The zero-order valence-electron chi connectivity index (χ0n) is 14.5. The highest BCUT2D eigenvalue weighted by atomic mass is 35.5. The summed E-state index contributed by atoms with van der Waals surface area (Å²) in [5.41, 5.74) is 2.01. The number of aromatic nitrogens is 1. The molecule has 0 spiro atoms. The van der Waals surface area contributed by atoms with Crippen molar-refractivity contribution in [3.8, 4) is 5.75 Å². The lowest BCUT2D eigenvalue weighted by molar-refractivity contribution is -0.121. The molecule has 0 aliphatic carbocycles. The van der Waals surface area contributed by atoms with Gasteiger partial charge >= 0.3 is 0 Å². The first kappa shape index (κ1) is 17.8. The fourth-order valence-corrected chi connectivity index (χ4v) is 4.42. The summed E-state index contributed by atoms with van der Waals surface area (Å²) in [5, 5.41) is 6.32. The van der Waals surface area contributed by atoms with Gasteiger partial charge in [0.05, 0.1) is 11.6 Å². The number of thiazole rings is 1. The third-order valence-corrected chi connectivity index (χ3v) is 5.96. The predicted octanol–water partition coefficient (Wildman–Crippen LogP) is 3.97. The smallest absolute Gasteiger partial charge is 0.233 e. The van der Waals surface area contributed by atoms with Crippen LogP contribution in [-0.4, -0.2) is 35.5 Å². The van der Waals surface area contributed by atoms with Crippen molar-refractivity contribution < 1.29 is 9.53 Å². The van der Waals surface area contributed by atoms with E-state index in [-0.39, 0.29) is 11.8 Å². The second kappa shape index (κ2) is 7.94. The number of hydrogen-bond donors (Lipinski definition) is 1. The number of carbonyl (C=O) groups is 1. The Morgan fingerprint density at radius 1 is 1.35 bits per heavy atom. The Morgan fingerprint density at radius 2 is 2.19 bits per heavy atom. The molecule has 1 unspecified atom stereocenters. The minimum absolute atomic E-state index is 0.0468. The van der Waals surface area contributed by atoms with Crippen LogP contribution in [-0.2, 0) is 17.8 Å². The summed E-state index contributed by atoms with van der Waals surface area (Å²) in [6.45, 7) is 3.53. The predicted molar refractivity (Wildman–Crippen MR) is 104 cm³/mol. The molecule has 0 radical (unpaired) electrons. The summed E-state index contributed by atoms with van der Waals surface area (Å²) in [5.74, 6) is 0.543. The topological polar surface area (TPSA) is 54.5 Å². The fraction of sp³-hybridized carbons (Fsp3) is 0.474. The molecular weight excluding hydrogens is 370 g/mol. The number of fused-ring (bicyclic) bond motifs is 1. The number of rotatable bonds is 4. The van der Waals surface area contributed by atoms with Crippen molar-refractivity contribution in [1.29, 1.82) is 0 Å². The number of likely N-dealkylation sites (tertiary alicyclic amines) is 1. The number of benzene rings is 1. The van der Waals surface area contributed by atoms with Crippen LogP contribution in [0.25, 0.3) is 0 Å². The molecule has 4 rings (SSSR count). The Morgan fingerprint density at radius 3 is 3.04 bits per heavy atom. The maximum atomic E-state index is 12.6. The van der Waals surface area contributed by atoms with Crippen molar-refractivity contribution in [2.45, 2.75) is 32.2 Å². The SMILES string of the molecule is O=C(Nc1nc(CN2CCCCC2)cs1)C1COc2ccc(Cl)cc2C1. The number of carbonyl (C=O) groups excluding carboxylic acids is 1. The van der Waals surface area contributed by atoms with Crippen molar-refractivity contribution in [2.24, 2.45) is 5.92 Å². The fourth-order valence-electron chi connectivity index (χ4n) is 3.52. The van der Waals surface area contributed by atoms with Crippen LogP contribution in [0.4, 0.5) is 5.13 Å². The second-order valence-electron chi connectivity index (χ2n) is 6.93.